The van der Waals surface area contributed by atoms with Crippen LogP contribution in [0.1, 0.15) is 34.6 Å². The number of carbonyl (C=O) groups is 3. The standard InChI is InChI=1S/C14H23NO5/c1-8(2)6-11(16)15(7-10(5)13(17)18)12(9(3)4)14(19)20/h6,9-10,12H,7H2,1-5H3,(H,17,18)(H,19,20). The van der Waals surface area contributed by atoms with Gasteiger partial charge < -0.3 is 15.1 Å². The fraction of sp³-hybridized carbons (Fsp3) is 0.643. The summed E-state index contributed by atoms with van der Waals surface area (Å²) in [5, 5.41) is 18.2. The van der Waals surface area contributed by atoms with Crippen molar-refractivity contribution in [3.8, 4) is 0 Å². The van der Waals surface area contributed by atoms with Crippen LogP contribution < -0.4 is 0 Å². The maximum absolute atomic E-state index is 12.2. The number of carboxylic acids is 2. The van der Waals surface area contributed by atoms with Crippen molar-refractivity contribution in [3.63, 3.8) is 0 Å². The molecule has 0 saturated carbocycles. The van der Waals surface area contributed by atoms with Gasteiger partial charge in [0.05, 0.1) is 5.92 Å². The summed E-state index contributed by atoms with van der Waals surface area (Å²) < 4.78 is 0. The van der Waals surface area contributed by atoms with Crippen molar-refractivity contribution in [3.05, 3.63) is 11.6 Å². The SMILES string of the molecule is CC(C)=CC(=O)N(CC(C)C(=O)O)C(C(=O)O)C(C)C. The van der Waals surface area contributed by atoms with Gasteiger partial charge in [-0.15, -0.1) is 0 Å². The molecule has 0 saturated heterocycles. The number of carbonyl (C=O) groups excluding carboxylic acids is 1. The highest BCUT2D eigenvalue weighted by atomic mass is 16.4. The molecule has 0 fully saturated rings. The van der Waals surface area contributed by atoms with Crippen molar-refractivity contribution in [2.75, 3.05) is 6.54 Å². The third kappa shape index (κ3) is 5.42. The van der Waals surface area contributed by atoms with Crippen molar-refractivity contribution in [2.45, 2.75) is 40.7 Å². The second-order valence-electron chi connectivity index (χ2n) is 5.48. The van der Waals surface area contributed by atoms with Gasteiger partial charge in [-0.3, -0.25) is 9.59 Å². The van der Waals surface area contributed by atoms with Gasteiger partial charge in [0, 0.05) is 12.6 Å². The first-order valence-corrected chi connectivity index (χ1v) is 6.49. The molecule has 2 N–H and O–H groups in total. The van der Waals surface area contributed by atoms with Crippen LogP contribution in [-0.4, -0.2) is 45.5 Å². The zero-order chi connectivity index (χ0) is 16.0. The predicted molar refractivity (Wildman–Crippen MR) is 74.2 cm³/mol. The lowest BCUT2D eigenvalue weighted by Gasteiger charge is -2.32. The predicted octanol–water partition coefficient (Wildman–Crippen LogP) is 1.61. The summed E-state index contributed by atoms with van der Waals surface area (Å²) in [5.74, 6) is -3.81. The molecular weight excluding hydrogens is 262 g/mol. The average molecular weight is 285 g/mol. The molecule has 0 bridgehead atoms. The molecule has 0 aliphatic rings. The van der Waals surface area contributed by atoms with E-state index in [1.807, 2.05) is 0 Å². The monoisotopic (exact) mass is 285 g/mol. The van der Waals surface area contributed by atoms with Crippen molar-refractivity contribution in [1.29, 1.82) is 0 Å². The van der Waals surface area contributed by atoms with Crippen LogP contribution in [0.15, 0.2) is 11.6 Å². The van der Waals surface area contributed by atoms with Crippen LogP contribution >= 0.6 is 0 Å². The molecule has 0 aliphatic carbocycles. The average Bonchev–Trinajstić information content (AvgIpc) is 2.25. The molecule has 6 nitrogen and oxygen atoms in total. The minimum absolute atomic E-state index is 0.132. The minimum atomic E-state index is -1.13. The van der Waals surface area contributed by atoms with Crippen molar-refractivity contribution < 1.29 is 24.6 Å². The summed E-state index contributed by atoms with van der Waals surface area (Å²) >= 11 is 0. The Labute approximate surface area is 119 Å². The summed E-state index contributed by atoms with van der Waals surface area (Å²) in [6.45, 7) is 8.14. The molecule has 6 heteroatoms. The summed E-state index contributed by atoms with van der Waals surface area (Å²) in [4.78, 5) is 35.6. The van der Waals surface area contributed by atoms with E-state index in [9.17, 15) is 19.5 Å². The van der Waals surface area contributed by atoms with E-state index in [-0.39, 0.29) is 12.5 Å². The van der Waals surface area contributed by atoms with E-state index in [1.54, 1.807) is 27.7 Å². The van der Waals surface area contributed by atoms with Crippen molar-refractivity contribution in [2.24, 2.45) is 11.8 Å². The molecule has 20 heavy (non-hydrogen) atoms. The zero-order valence-corrected chi connectivity index (χ0v) is 12.6. The number of allylic oxidation sites excluding steroid dienone is 1. The van der Waals surface area contributed by atoms with Gasteiger partial charge in [-0.1, -0.05) is 26.3 Å². The van der Waals surface area contributed by atoms with Gasteiger partial charge >= 0.3 is 11.9 Å². The van der Waals surface area contributed by atoms with Gasteiger partial charge in [0.25, 0.3) is 0 Å². The number of hydrogen-bond donors (Lipinski definition) is 2. The molecule has 0 aromatic heterocycles. The van der Waals surface area contributed by atoms with Gasteiger partial charge in [0.1, 0.15) is 6.04 Å². The molecule has 2 unspecified atom stereocenters. The molecule has 0 rings (SSSR count). The number of nitrogens with zero attached hydrogens (tertiary/aromatic N) is 1. The molecular formula is C14H23NO5. The van der Waals surface area contributed by atoms with Gasteiger partial charge in [-0.25, -0.2) is 4.79 Å². The highest BCUT2D eigenvalue weighted by Crippen LogP contribution is 2.15. The normalized spacial score (nSPS) is 13.5. The van der Waals surface area contributed by atoms with Crippen LogP contribution in [0.3, 0.4) is 0 Å². The zero-order valence-electron chi connectivity index (χ0n) is 12.6. The number of hydrogen-bond acceptors (Lipinski definition) is 3. The highest BCUT2D eigenvalue weighted by Gasteiger charge is 2.33. The Hall–Kier alpha value is -1.85. The Bertz CT molecular complexity index is 410. The fourth-order valence-electron chi connectivity index (χ4n) is 1.82. The van der Waals surface area contributed by atoms with Gasteiger partial charge in [-0.2, -0.15) is 0 Å². The van der Waals surface area contributed by atoms with E-state index in [0.29, 0.717) is 0 Å². The largest absolute Gasteiger partial charge is 0.481 e. The molecule has 0 aromatic carbocycles. The van der Waals surface area contributed by atoms with Crippen LogP contribution in [-0.2, 0) is 14.4 Å². The van der Waals surface area contributed by atoms with Crippen LogP contribution in [0.25, 0.3) is 0 Å². The van der Waals surface area contributed by atoms with E-state index in [0.717, 1.165) is 10.5 Å². The van der Waals surface area contributed by atoms with E-state index in [2.05, 4.69) is 0 Å². The van der Waals surface area contributed by atoms with E-state index in [1.165, 1.54) is 13.0 Å². The van der Waals surface area contributed by atoms with Crippen LogP contribution in [0.2, 0.25) is 0 Å². The Balaban J connectivity index is 5.44. The molecule has 0 radical (unpaired) electrons. The number of rotatable bonds is 7. The van der Waals surface area contributed by atoms with Gasteiger partial charge in [0.2, 0.25) is 5.91 Å². The molecule has 0 aromatic rings. The van der Waals surface area contributed by atoms with Crippen molar-refractivity contribution >= 4 is 17.8 Å². The molecule has 0 spiro atoms. The summed E-state index contributed by atoms with van der Waals surface area (Å²) in [7, 11) is 0. The van der Waals surface area contributed by atoms with E-state index in [4.69, 9.17) is 5.11 Å². The highest BCUT2D eigenvalue weighted by molar-refractivity contribution is 5.92. The summed E-state index contributed by atoms with van der Waals surface area (Å²) in [6.07, 6.45) is 1.33. The molecule has 0 heterocycles. The Morgan fingerprint density at radius 2 is 1.55 bits per heavy atom. The lowest BCUT2D eigenvalue weighted by Crippen LogP contribution is -2.50. The molecule has 0 aliphatic heterocycles. The van der Waals surface area contributed by atoms with Crippen LogP contribution in [0.4, 0.5) is 0 Å². The lowest BCUT2D eigenvalue weighted by molar-refractivity contribution is -0.153. The van der Waals surface area contributed by atoms with Gasteiger partial charge in [0.15, 0.2) is 0 Å². The first-order valence-electron chi connectivity index (χ1n) is 6.49. The first-order chi connectivity index (χ1) is 9.07. The smallest absolute Gasteiger partial charge is 0.326 e. The summed E-state index contributed by atoms with van der Waals surface area (Å²) in [5.41, 5.74) is 0.732. The fourth-order valence-corrected chi connectivity index (χ4v) is 1.82. The second-order valence-corrected chi connectivity index (χ2v) is 5.48. The molecule has 1 amide bonds. The van der Waals surface area contributed by atoms with Gasteiger partial charge in [-0.05, 0) is 19.8 Å². The van der Waals surface area contributed by atoms with Crippen LogP contribution in [0, 0.1) is 11.8 Å². The third-order valence-corrected chi connectivity index (χ3v) is 2.81. The number of amides is 1. The maximum atomic E-state index is 12.2. The topological polar surface area (TPSA) is 94.9 Å². The molecule has 114 valence electrons. The first kappa shape index (κ1) is 18.1. The van der Waals surface area contributed by atoms with E-state index < -0.39 is 29.8 Å². The quantitative estimate of drug-likeness (QED) is 0.693. The van der Waals surface area contributed by atoms with Crippen molar-refractivity contribution in [1.82, 2.24) is 4.90 Å². The third-order valence-electron chi connectivity index (χ3n) is 2.81. The number of carboxylic acid groups (broad SMARTS) is 2. The number of aliphatic carboxylic acids is 2. The lowest BCUT2D eigenvalue weighted by atomic mass is 10.0. The minimum Gasteiger partial charge on any atom is -0.481 e. The Morgan fingerprint density at radius 1 is 1.05 bits per heavy atom. The Kier molecular flexibility index (Phi) is 6.96. The van der Waals surface area contributed by atoms with E-state index >= 15 is 0 Å². The summed E-state index contributed by atoms with van der Waals surface area (Å²) in [6, 6.07) is -1.04. The second kappa shape index (κ2) is 7.67. The maximum Gasteiger partial charge on any atom is 0.326 e. The van der Waals surface area contributed by atoms with Crippen LogP contribution in [0.5, 0.6) is 0 Å². The Morgan fingerprint density at radius 3 is 1.85 bits per heavy atom. The molecule has 2 atom stereocenters.